The molecule has 0 atom stereocenters. The Morgan fingerprint density at radius 2 is 1.92 bits per heavy atom. The number of nitrogens with zero attached hydrogens (tertiary/aromatic N) is 1. The molecule has 12 heavy (non-hydrogen) atoms. The van der Waals surface area contributed by atoms with Crippen molar-refractivity contribution in [1.82, 2.24) is 0 Å². The van der Waals surface area contributed by atoms with Gasteiger partial charge in [-0.3, -0.25) is 0 Å². The topological polar surface area (TPSA) is 52.8 Å². The fourth-order valence-electron chi connectivity index (χ4n) is 0.966. The van der Waals surface area contributed by atoms with Gasteiger partial charge in [0.05, 0.1) is 6.21 Å². The van der Waals surface area contributed by atoms with Gasteiger partial charge in [-0.2, -0.15) is 0 Å². The molecule has 0 heterocycles. The van der Waals surface area contributed by atoms with Crippen molar-refractivity contribution in [3.8, 4) is 0 Å². The minimum atomic E-state index is 0.160. The van der Waals surface area contributed by atoms with E-state index in [2.05, 4.69) is 5.16 Å². The van der Waals surface area contributed by atoms with Gasteiger partial charge >= 0.3 is 0 Å². The highest BCUT2D eigenvalue weighted by Gasteiger charge is 1.91. The van der Waals surface area contributed by atoms with Crippen LogP contribution in [0.1, 0.15) is 11.1 Å². The van der Waals surface area contributed by atoms with E-state index in [0.717, 1.165) is 11.1 Å². The fraction of sp³-hybridized carbons (Fsp3) is 0.222. The minimum absolute atomic E-state index is 0.160. The molecule has 0 amide bonds. The van der Waals surface area contributed by atoms with Crippen LogP contribution >= 0.6 is 0 Å². The third-order valence-corrected chi connectivity index (χ3v) is 1.59. The molecule has 0 bridgehead atoms. The van der Waals surface area contributed by atoms with Gasteiger partial charge in [0.15, 0.2) is 0 Å². The lowest BCUT2D eigenvalue weighted by Gasteiger charge is -1.97. The first kappa shape index (κ1) is 8.74. The van der Waals surface area contributed by atoms with Crippen molar-refractivity contribution in [1.29, 1.82) is 0 Å². The summed E-state index contributed by atoms with van der Waals surface area (Å²) in [7, 11) is 0. The van der Waals surface area contributed by atoms with Crippen LogP contribution in [0.25, 0.3) is 0 Å². The molecule has 3 nitrogen and oxygen atoms in total. The molecule has 2 N–H and O–H groups in total. The maximum Gasteiger partial charge on any atom is 0.0733 e. The Morgan fingerprint density at radius 1 is 1.25 bits per heavy atom. The molecular weight excluding hydrogens is 154 g/mol. The quantitative estimate of drug-likeness (QED) is 0.399. The predicted molar refractivity (Wildman–Crippen MR) is 46.6 cm³/mol. The standard InChI is InChI=1S/C9H11NO2/c11-6-5-8-1-3-9(4-2-8)7-10-12/h1-4,7,11-12H,5-6H2. The molecule has 64 valence electrons. The van der Waals surface area contributed by atoms with E-state index < -0.39 is 0 Å². The van der Waals surface area contributed by atoms with Gasteiger partial charge in [0.2, 0.25) is 0 Å². The average molecular weight is 165 g/mol. The lowest BCUT2D eigenvalue weighted by molar-refractivity contribution is 0.299. The van der Waals surface area contributed by atoms with Gasteiger partial charge in [0.1, 0.15) is 0 Å². The summed E-state index contributed by atoms with van der Waals surface area (Å²) in [6.45, 7) is 0.160. The molecule has 1 rings (SSSR count). The zero-order chi connectivity index (χ0) is 8.81. The zero-order valence-corrected chi connectivity index (χ0v) is 6.64. The summed E-state index contributed by atoms with van der Waals surface area (Å²) in [5.74, 6) is 0. The Morgan fingerprint density at radius 3 is 2.42 bits per heavy atom. The van der Waals surface area contributed by atoms with E-state index in [4.69, 9.17) is 10.3 Å². The molecule has 1 aromatic rings. The van der Waals surface area contributed by atoms with E-state index in [1.54, 1.807) is 0 Å². The van der Waals surface area contributed by atoms with Crippen LogP contribution in [0, 0.1) is 0 Å². The summed E-state index contributed by atoms with van der Waals surface area (Å²) in [5.41, 5.74) is 1.92. The van der Waals surface area contributed by atoms with Gasteiger partial charge in [-0.1, -0.05) is 29.4 Å². The molecule has 0 aliphatic heterocycles. The Balaban J connectivity index is 2.71. The number of oxime groups is 1. The molecule has 0 unspecified atom stereocenters. The Hall–Kier alpha value is -1.35. The number of benzene rings is 1. The maximum absolute atomic E-state index is 8.63. The normalized spacial score (nSPS) is 10.8. The molecular formula is C9H11NO2. The minimum Gasteiger partial charge on any atom is -0.411 e. The second-order valence-corrected chi connectivity index (χ2v) is 2.46. The van der Waals surface area contributed by atoms with Crippen molar-refractivity contribution in [3.05, 3.63) is 35.4 Å². The second-order valence-electron chi connectivity index (χ2n) is 2.46. The van der Waals surface area contributed by atoms with Crippen LogP contribution in [0.2, 0.25) is 0 Å². The summed E-state index contributed by atoms with van der Waals surface area (Å²) < 4.78 is 0. The van der Waals surface area contributed by atoms with E-state index >= 15 is 0 Å². The van der Waals surface area contributed by atoms with Crippen LogP contribution in [-0.4, -0.2) is 23.1 Å². The number of hydrogen-bond acceptors (Lipinski definition) is 3. The van der Waals surface area contributed by atoms with Gasteiger partial charge in [-0.15, -0.1) is 0 Å². The van der Waals surface area contributed by atoms with Gasteiger partial charge in [-0.25, -0.2) is 0 Å². The molecule has 0 saturated carbocycles. The van der Waals surface area contributed by atoms with E-state index in [1.165, 1.54) is 6.21 Å². The van der Waals surface area contributed by atoms with E-state index in [-0.39, 0.29) is 6.61 Å². The molecule has 3 heteroatoms. The summed E-state index contributed by atoms with van der Waals surface area (Å²) in [4.78, 5) is 0. The lowest BCUT2D eigenvalue weighted by atomic mass is 10.1. The Bertz CT molecular complexity index is 254. The highest BCUT2D eigenvalue weighted by atomic mass is 16.4. The van der Waals surface area contributed by atoms with Crippen LogP contribution in [0.15, 0.2) is 29.4 Å². The van der Waals surface area contributed by atoms with Crippen LogP contribution in [0.5, 0.6) is 0 Å². The largest absolute Gasteiger partial charge is 0.411 e. The smallest absolute Gasteiger partial charge is 0.0733 e. The fourth-order valence-corrected chi connectivity index (χ4v) is 0.966. The van der Waals surface area contributed by atoms with Gasteiger partial charge in [0, 0.05) is 6.61 Å². The summed E-state index contributed by atoms with van der Waals surface area (Å²) in [6.07, 6.45) is 2.03. The number of hydrogen-bond donors (Lipinski definition) is 2. The van der Waals surface area contributed by atoms with Crippen LogP contribution in [-0.2, 0) is 6.42 Å². The third kappa shape index (κ3) is 2.36. The van der Waals surface area contributed by atoms with Crippen LogP contribution in [0.4, 0.5) is 0 Å². The third-order valence-electron chi connectivity index (χ3n) is 1.59. The van der Waals surface area contributed by atoms with Crippen molar-refractivity contribution < 1.29 is 10.3 Å². The van der Waals surface area contributed by atoms with Crippen molar-refractivity contribution >= 4 is 6.21 Å². The molecule has 0 aliphatic rings. The number of aliphatic hydroxyl groups is 1. The highest BCUT2D eigenvalue weighted by molar-refractivity contribution is 5.78. The second kappa shape index (κ2) is 4.51. The number of aliphatic hydroxyl groups excluding tert-OH is 1. The van der Waals surface area contributed by atoms with Crippen molar-refractivity contribution in [2.24, 2.45) is 5.16 Å². The Labute approximate surface area is 71.0 Å². The highest BCUT2D eigenvalue weighted by Crippen LogP contribution is 2.02. The first-order chi connectivity index (χ1) is 5.86. The van der Waals surface area contributed by atoms with Gasteiger partial charge < -0.3 is 10.3 Å². The number of rotatable bonds is 3. The van der Waals surface area contributed by atoms with E-state index in [1.807, 2.05) is 24.3 Å². The van der Waals surface area contributed by atoms with Crippen molar-refractivity contribution in [2.75, 3.05) is 6.61 Å². The maximum atomic E-state index is 8.63. The zero-order valence-electron chi connectivity index (χ0n) is 6.64. The van der Waals surface area contributed by atoms with Crippen molar-refractivity contribution in [2.45, 2.75) is 6.42 Å². The van der Waals surface area contributed by atoms with Gasteiger partial charge in [-0.05, 0) is 17.5 Å². The molecule has 0 spiro atoms. The summed E-state index contributed by atoms with van der Waals surface area (Å²) in [5, 5.41) is 19.8. The first-order valence-electron chi connectivity index (χ1n) is 3.74. The van der Waals surface area contributed by atoms with E-state index in [9.17, 15) is 0 Å². The molecule has 0 aliphatic carbocycles. The molecule has 0 radical (unpaired) electrons. The molecule has 0 fully saturated rings. The SMILES string of the molecule is OCCc1ccc(C=NO)cc1. The van der Waals surface area contributed by atoms with Crippen molar-refractivity contribution in [3.63, 3.8) is 0 Å². The summed E-state index contributed by atoms with van der Waals surface area (Å²) >= 11 is 0. The van der Waals surface area contributed by atoms with Gasteiger partial charge in [0.25, 0.3) is 0 Å². The molecule has 1 aromatic carbocycles. The average Bonchev–Trinajstić information content (AvgIpc) is 2.09. The molecule has 0 aromatic heterocycles. The summed E-state index contributed by atoms with van der Waals surface area (Å²) in [6, 6.07) is 7.47. The van der Waals surface area contributed by atoms with E-state index in [0.29, 0.717) is 6.42 Å². The van der Waals surface area contributed by atoms with Crippen LogP contribution in [0.3, 0.4) is 0 Å². The Kier molecular flexibility index (Phi) is 3.29. The predicted octanol–water partition coefficient (Wildman–Crippen LogP) is 1.03. The monoisotopic (exact) mass is 165 g/mol. The molecule has 0 saturated heterocycles. The van der Waals surface area contributed by atoms with Crippen LogP contribution < -0.4 is 0 Å². The first-order valence-corrected chi connectivity index (χ1v) is 3.74. The lowest BCUT2D eigenvalue weighted by Crippen LogP contribution is -1.90.